The van der Waals surface area contributed by atoms with E-state index >= 15 is 0 Å². The van der Waals surface area contributed by atoms with Gasteiger partial charge in [0.2, 0.25) is 0 Å². The van der Waals surface area contributed by atoms with Gasteiger partial charge in [-0.05, 0) is 54.1 Å². The zero-order valence-corrected chi connectivity index (χ0v) is 15.5. The van der Waals surface area contributed by atoms with Gasteiger partial charge in [-0.15, -0.1) is 0 Å². The summed E-state index contributed by atoms with van der Waals surface area (Å²) >= 11 is 5.82. The van der Waals surface area contributed by atoms with Gasteiger partial charge in [-0.25, -0.2) is 10.2 Å². The molecule has 28 heavy (non-hydrogen) atoms. The summed E-state index contributed by atoms with van der Waals surface area (Å²) in [5, 5.41) is 9.97. The lowest BCUT2D eigenvalue weighted by molar-refractivity contribution is 0.0955. The summed E-state index contributed by atoms with van der Waals surface area (Å²) in [6.45, 7) is 0. The first-order chi connectivity index (χ1) is 13.6. The number of halogens is 1. The lowest BCUT2D eigenvalue weighted by atomic mass is 10.2. The van der Waals surface area contributed by atoms with Crippen molar-refractivity contribution in [3.63, 3.8) is 0 Å². The zero-order valence-electron chi connectivity index (χ0n) is 14.7. The third kappa shape index (κ3) is 5.69. The van der Waals surface area contributed by atoms with Crippen molar-refractivity contribution in [2.24, 2.45) is 5.10 Å². The second kappa shape index (κ2) is 9.34. The first-order valence-corrected chi connectivity index (χ1v) is 8.80. The smallest absolute Gasteiger partial charge is 0.308 e. The number of para-hydroxylation sites is 1. The van der Waals surface area contributed by atoms with E-state index in [4.69, 9.17) is 11.6 Å². The minimum atomic E-state index is -0.365. The number of amides is 3. The fourth-order valence-electron chi connectivity index (χ4n) is 2.30. The minimum absolute atomic E-state index is 0.356. The highest BCUT2D eigenvalue weighted by atomic mass is 35.5. The molecular weight excluding hydrogens is 376 g/mol. The van der Waals surface area contributed by atoms with Gasteiger partial charge < -0.3 is 10.6 Å². The molecule has 0 radical (unpaired) electrons. The van der Waals surface area contributed by atoms with Gasteiger partial charge in [0.1, 0.15) is 0 Å². The third-order valence-corrected chi connectivity index (χ3v) is 3.94. The predicted molar refractivity (Wildman–Crippen MR) is 112 cm³/mol. The van der Waals surface area contributed by atoms with Crippen LogP contribution in [0.1, 0.15) is 15.9 Å². The summed E-state index contributed by atoms with van der Waals surface area (Å²) in [5.41, 5.74) is 4.94. The predicted octanol–water partition coefficient (Wildman–Crippen LogP) is 4.75. The highest BCUT2D eigenvalue weighted by Gasteiger charge is 2.06. The Balaban J connectivity index is 1.52. The first kappa shape index (κ1) is 19.1. The van der Waals surface area contributed by atoms with Crippen LogP contribution in [-0.2, 0) is 0 Å². The van der Waals surface area contributed by atoms with Crippen LogP contribution in [0.2, 0.25) is 5.02 Å². The van der Waals surface area contributed by atoms with Gasteiger partial charge in [0.05, 0.1) is 6.21 Å². The average molecular weight is 393 g/mol. The van der Waals surface area contributed by atoms with Gasteiger partial charge in [0.25, 0.3) is 5.91 Å². The second-order valence-electron chi connectivity index (χ2n) is 5.77. The number of nitrogens with zero attached hydrogens (tertiary/aromatic N) is 1. The quantitative estimate of drug-likeness (QED) is 0.432. The average Bonchev–Trinajstić information content (AvgIpc) is 2.70. The van der Waals surface area contributed by atoms with Gasteiger partial charge >= 0.3 is 6.03 Å². The molecule has 0 aliphatic carbocycles. The minimum Gasteiger partial charge on any atom is -0.308 e. The van der Waals surface area contributed by atoms with Gasteiger partial charge in [0.15, 0.2) is 0 Å². The molecule has 0 aliphatic rings. The molecule has 3 aromatic rings. The van der Waals surface area contributed by atoms with E-state index in [1.165, 1.54) is 6.21 Å². The number of nitrogens with one attached hydrogen (secondary N) is 3. The van der Waals surface area contributed by atoms with Crippen LogP contribution in [0.25, 0.3) is 0 Å². The van der Waals surface area contributed by atoms with Crippen LogP contribution >= 0.6 is 11.6 Å². The molecule has 0 fully saturated rings. The van der Waals surface area contributed by atoms with Crippen molar-refractivity contribution in [3.8, 4) is 0 Å². The Kier molecular flexibility index (Phi) is 6.38. The number of carbonyl (C=O) groups excluding carboxylic acids is 2. The molecule has 0 saturated carbocycles. The maximum absolute atomic E-state index is 12.1. The molecule has 0 unspecified atom stereocenters. The van der Waals surface area contributed by atoms with Gasteiger partial charge in [-0.3, -0.25) is 4.79 Å². The number of hydrazone groups is 1. The van der Waals surface area contributed by atoms with Crippen LogP contribution in [0.15, 0.2) is 84.0 Å². The number of benzene rings is 3. The monoisotopic (exact) mass is 392 g/mol. The van der Waals surface area contributed by atoms with E-state index < -0.39 is 0 Å². The molecule has 0 aliphatic heterocycles. The van der Waals surface area contributed by atoms with Crippen LogP contribution in [0.5, 0.6) is 0 Å². The lowest BCUT2D eigenvalue weighted by Gasteiger charge is -2.08. The van der Waals surface area contributed by atoms with Crippen LogP contribution in [-0.4, -0.2) is 18.2 Å². The van der Waals surface area contributed by atoms with Crippen molar-refractivity contribution in [2.45, 2.75) is 0 Å². The molecule has 6 nitrogen and oxygen atoms in total. The summed E-state index contributed by atoms with van der Waals surface area (Å²) in [6.07, 6.45) is 1.53. The van der Waals surface area contributed by atoms with Crippen LogP contribution in [0, 0.1) is 0 Å². The fraction of sp³-hybridized carbons (Fsp3) is 0. The van der Waals surface area contributed by atoms with Crippen molar-refractivity contribution >= 4 is 41.1 Å². The molecule has 0 saturated heterocycles. The van der Waals surface area contributed by atoms with Gasteiger partial charge in [-0.2, -0.15) is 5.10 Å². The molecule has 0 heterocycles. The number of urea groups is 1. The van der Waals surface area contributed by atoms with E-state index in [1.807, 2.05) is 18.2 Å². The standard InChI is InChI=1S/C21H17ClN4O2/c22-17-10-6-15(7-11-17)14-23-26-20(27)16-8-12-19(13-9-16)25-21(28)24-18-4-2-1-3-5-18/h1-14H,(H,26,27)(H2,24,25,28)/b23-14-. The van der Waals surface area contributed by atoms with E-state index in [1.54, 1.807) is 60.7 Å². The van der Waals surface area contributed by atoms with Crippen molar-refractivity contribution in [1.82, 2.24) is 5.43 Å². The Morgan fingerprint density at radius 1 is 0.786 bits per heavy atom. The molecule has 0 aromatic heterocycles. The number of carbonyl (C=O) groups is 2. The SMILES string of the molecule is O=C(Nc1ccccc1)Nc1ccc(C(=O)N/N=C\c2ccc(Cl)cc2)cc1. The molecule has 3 amide bonds. The van der Waals surface area contributed by atoms with E-state index in [-0.39, 0.29) is 11.9 Å². The Hall–Kier alpha value is -3.64. The summed E-state index contributed by atoms with van der Waals surface area (Å²) < 4.78 is 0. The highest BCUT2D eigenvalue weighted by Crippen LogP contribution is 2.11. The zero-order chi connectivity index (χ0) is 19.8. The number of hydrogen-bond donors (Lipinski definition) is 3. The van der Waals surface area contributed by atoms with Gasteiger partial charge in [-0.1, -0.05) is 41.9 Å². The largest absolute Gasteiger partial charge is 0.323 e. The Bertz CT molecular complexity index is 972. The van der Waals surface area contributed by atoms with E-state index in [2.05, 4.69) is 21.2 Å². The van der Waals surface area contributed by atoms with Crippen LogP contribution in [0.4, 0.5) is 16.2 Å². The molecular formula is C21H17ClN4O2. The molecule has 7 heteroatoms. The number of hydrogen-bond acceptors (Lipinski definition) is 3. The summed E-state index contributed by atoms with van der Waals surface area (Å²) in [5.74, 6) is -0.356. The maximum Gasteiger partial charge on any atom is 0.323 e. The topological polar surface area (TPSA) is 82.6 Å². The van der Waals surface area contributed by atoms with Crippen molar-refractivity contribution in [3.05, 3.63) is 95.0 Å². The summed E-state index contributed by atoms with van der Waals surface area (Å²) in [4.78, 5) is 24.1. The molecule has 3 N–H and O–H groups in total. The highest BCUT2D eigenvalue weighted by molar-refractivity contribution is 6.30. The Morgan fingerprint density at radius 3 is 2.04 bits per heavy atom. The fourth-order valence-corrected chi connectivity index (χ4v) is 2.42. The summed E-state index contributed by atoms with van der Waals surface area (Å²) in [7, 11) is 0. The molecule has 140 valence electrons. The Labute approximate surface area is 167 Å². The molecule has 0 spiro atoms. The van der Waals surface area contributed by atoms with Crippen molar-refractivity contribution < 1.29 is 9.59 Å². The number of anilines is 2. The maximum atomic E-state index is 12.1. The molecule has 0 atom stereocenters. The van der Waals surface area contributed by atoms with E-state index in [9.17, 15) is 9.59 Å². The van der Waals surface area contributed by atoms with Crippen molar-refractivity contribution in [1.29, 1.82) is 0 Å². The lowest BCUT2D eigenvalue weighted by Crippen LogP contribution is -2.20. The van der Waals surface area contributed by atoms with Crippen LogP contribution < -0.4 is 16.1 Å². The number of rotatable bonds is 5. The molecule has 0 bridgehead atoms. The van der Waals surface area contributed by atoms with Crippen LogP contribution in [0.3, 0.4) is 0 Å². The van der Waals surface area contributed by atoms with E-state index in [0.29, 0.717) is 22.0 Å². The normalized spacial score (nSPS) is 10.5. The van der Waals surface area contributed by atoms with E-state index in [0.717, 1.165) is 5.56 Å². The summed E-state index contributed by atoms with van der Waals surface area (Å²) in [6, 6.07) is 22.3. The third-order valence-electron chi connectivity index (χ3n) is 3.69. The first-order valence-electron chi connectivity index (χ1n) is 8.42. The van der Waals surface area contributed by atoms with Gasteiger partial charge in [0, 0.05) is 22.0 Å². The second-order valence-corrected chi connectivity index (χ2v) is 6.21. The Morgan fingerprint density at radius 2 is 1.39 bits per heavy atom. The molecule has 3 aromatic carbocycles. The molecule has 3 rings (SSSR count). The van der Waals surface area contributed by atoms with Crippen molar-refractivity contribution in [2.75, 3.05) is 10.6 Å².